The first-order chi connectivity index (χ1) is 8.61. The molecule has 0 heterocycles. The third kappa shape index (κ3) is 3.71. The Hall–Kier alpha value is -0.0800. The highest BCUT2D eigenvalue weighted by Crippen LogP contribution is 2.36. The monoisotopic (exact) mass is 253 g/mol. The van der Waals surface area contributed by atoms with Crippen molar-refractivity contribution in [3.63, 3.8) is 0 Å². The lowest BCUT2D eigenvalue weighted by atomic mass is 9.81. The highest BCUT2D eigenvalue weighted by molar-refractivity contribution is 4.94. The average molecular weight is 253 g/mol. The summed E-state index contributed by atoms with van der Waals surface area (Å²) >= 11 is 0. The Bertz CT molecular complexity index is 249. The zero-order valence-corrected chi connectivity index (χ0v) is 12.4. The zero-order chi connectivity index (χ0) is 13.1. The molecule has 106 valence electrons. The van der Waals surface area contributed by atoms with Crippen LogP contribution in [-0.4, -0.2) is 34.7 Å². The zero-order valence-electron chi connectivity index (χ0n) is 12.4. The molecule has 0 aliphatic heterocycles. The standard InChI is InChI=1S/C16H31NO/c1-4-13-5-8-16(18)15(11-13)17(14-6-7-14)10-9-12(2)3/h12-16,18H,4-11H2,1-3H3. The van der Waals surface area contributed by atoms with Crippen LogP contribution in [0.4, 0.5) is 0 Å². The summed E-state index contributed by atoms with van der Waals surface area (Å²) in [6.07, 6.45) is 8.69. The SMILES string of the molecule is CCC1CCC(O)C(N(CCC(C)C)C2CC2)C1. The summed E-state index contributed by atoms with van der Waals surface area (Å²) < 4.78 is 0. The summed E-state index contributed by atoms with van der Waals surface area (Å²) in [7, 11) is 0. The molecule has 0 aromatic carbocycles. The summed E-state index contributed by atoms with van der Waals surface area (Å²) in [5.74, 6) is 1.62. The Morgan fingerprint density at radius 3 is 2.44 bits per heavy atom. The summed E-state index contributed by atoms with van der Waals surface area (Å²) in [5, 5.41) is 10.4. The fraction of sp³-hybridized carbons (Fsp3) is 1.00. The second kappa shape index (κ2) is 6.38. The third-order valence-corrected chi connectivity index (χ3v) is 4.87. The maximum atomic E-state index is 10.4. The van der Waals surface area contributed by atoms with Gasteiger partial charge in [0.15, 0.2) is 0 Å². The molecule has 0 amide bonds. The van der Waals surface area contributed by atoms with Crippen LogP contribution in [-0.2, 0) is 0 Å². The lowest BCUT2D eigenvalue weighted by Gasteiger charge is -2.41. The largest absolute Gasteiger partial charge is 0.391 e. The number of aliphatic hydroxyl groups excluding tert-OH is 1. The van der Waals surface area contributed by atoms with Crippen LogP contribution in [0, 0.1) is 11.8 Å². The van der Waals surface area contributed by atoms with Gasteiger partial charge in [-0.25, -0.2) is 0 Å². The molecule has 2 aliphatic rings. The topological polar surface area (TPSA) is 23.5 Å². The number of aliphatic hydroxyl groups is 1. The van der Waals surface area contributed by atoms with E-state index in [0.29, 0.717) is 6.04 Å². The predicted octanol–water partition coefficient (Wildman–Crippen LogP) is 3.44. The van der Waals surface area contributed by atoms with Gasteiger partial charge in [-0.1, -0.05) is 27.2 Å². The molecule has 0 spiro atoms. The van der Waals surface area contributed by atoms with Crippen molar-refractivity contribution >= 4 is 0 Å². The van der Waals surface area contributed by atoms with Crippen LogP contribution < -0.4 is 0 Å². The minimum atomic E-state index is -0.0689. The Balaban J connectivity index is 1.94. The summed E-state index contributed by atoms with van der Waals surface area (Å²) in [4.78, 5) is 2.66. The van der Waals surface area contributed by atoms with Crippen LogP contribution in [0.5, 0.6) is 0 Å². The predicted molar refractivity (Wildman–Crippen MR) is 76.6 cm³/mol. The van der Waals surface area contributed by atoms with Crippen LogP contribution in [0.25, 0.3) is 0 Å². The van der Waals surface area contributed by atoms with Gasteiger partial charge in [-0.3, -0.25) is 4.90 Å². The molecule has 18 heavy (non-hydrogen) atoms. The van der Waals surface area contributed by atoms with Gasteiger partial charge in [-0.05, 0) is 56.9 Å². The molecule has 0 aromatic rings. The van der Waals surface area contributed by atoms with Crippen molar-refractivity contribution in [1.82, 2.24) is 4.90 Å². The number of hydrogen-bond donors (Lipinski definition) is 1. The maximum Gasteiger partial charge on any atom is 0.0695 e. The second-order valence-corrected chi connectivity index (χ2v) is 6.87. The van der Waals surface area contributed by atoms with E-state index < -0.39 is 0 Å². The fourth-order valence-electron chi connectivity index (χ4n) is 3.38. The highest BCUT2D eigenvalue weighted by Gasteiger charge is 2.39. The van der Waals surface area contributed by atoms with Crippen molar-refractivity contribution < 1.29 is 5.11 Å². The van der Waals surface area contributed by atoms with Crippen LogP contribution in [0.1, 0.15) is 65.7 Å². The summed E-state index contributed by atoms with van der Waals surface area (Å²) in [6.45, 7) is 8.10. The van der Waals surface area contributed by atoms with Gasteiger partial charge < -0.3 is 5.11 Å². The van der Waals surface area contributed by atoms with Crippen molar-refractivity contribution in [1.29, 1.82) is 0 Å². The lowest BCUT2D eigenvalue weighted by Crippen LogP contribution is -2.49. The number of hydrogen-bond acceptors (Lipinski definition) is 2. The molecule has 0 saturated heterocycles. The van der Waals surface area contributed by atoms with E-state index in [1.807, 2.05) is 0 Å². The molecule has 0 bridgehead atoms. The second-order valence-electron chi connectivity index (χ2n) is 6.87. The molecule has 3 unspecified atom stereocenters. The van der Waals surface area contributed by atoms with Crippen LogP contribution in [0.2, 0.25) is 0 Å². The minimum absolute atomic E-state index is 0.0689. The molecule has 2 rings (SSSR count). The van der Waals surface area contributed by atoms with E-state index in [1.165, 1.54) is 45.1 Å². The van der Waals surface area contributed by atoms with Crippen LogP contribution in [0.3, 0.4) is 0 Å². The molecular weight excluding hydrogens is 222 g/mol. The van der Waals surface area contributed by atoms with Gasteiger partial charge in [0, 0.05) is 12.1 Å². The Labute approximate surface area is 113 Å². The molecule has 0 radical (unpaired) electrons. The van der Waals surface area contributed by atoms with Crippen molar-refractivity contribution in [2.24, 2.45) is 11.8 Å². The highest BCUT2D eigenvalue weighted by atomic mass is 16.3. The molecule has 2 fully saturated rings. The van der Waals surface area contributed by atoms with Crippen LogP contribution >= 0.6 is 0 Å². The van der Waals surface area contributed by atoms with Crippen molar-refractivity contribution in [2.75, 3.05) is 6.54 Å². The quantitative estimate of drug-likeness (QED) is 0.784. The molecule has 1 N–H and O–H groups in total. The maximum absolute atomic E-state index is 10.4. The van der Waals surface area contributed by atoms with Gasteiger partial charge >= 0.3 is 0 Å². The first kappa shape index (κ1) is 14.3. The van der Waals surface area contributed by atoms with Gasteiger partial charge in [0.05, 0.1) is 6.10 Å². The van der Waals surface area contributed by atoms with Gasteiger partial charge in [0.1, 0.15) is 0 Å². The molecule has 2 aliphatic carbocycles. The van der Waals surface area contributed by atoms with E-state index in [9.17, 15) is 5.11 Å². The van der Waals surface area contributed by atoms with Gasteiger partial charge in [0.2, 0.25) is 0 Å². The third-order valence-electron chi connectivity index (χ3n) is 4.87. The Morgan fingerprint density at radius 2 is 1.89 bits per heavy atom. The van der Waals surface area contributed by atoms with Crippen LogP contribution in [0.15, 0.2) is 0 Å². The Kier molecular flexibility index (Phi) is 5.08. The minimum Gasteiger partial charge on any atom is -0.391 e. The van der Waals surface area contributed by atoms with E-state index in [-0.39, 0.29) is 6.10 Å². The molecular formula is C16H31NO. The fourth-order valence-corrected chi connectivity index (χ4v) is 3.38. The smallest absolute Gasteiger partial charge is 0.0695 e. The van der Waals surface area contributed by atoms with Crippen molar-refractivity contribution in [3.05, 3.63) is 0 Å². The molecule has 2 nitrogen and oxygen atoms in total. The number of nitrogens with zero attached hydrogens (tertiary/aromatic N) is 1. The van der Waals surface area contributed by atoms with E-state index in [0.717, 1.165) is 24.3 Å². The number of rotatable bonds is 6. The van der Waals surface area contributed by atoms with Gasteiger partial charge in [-0.2, -0.15) is 0 Å². The first-order valence-electron chi connectivity index (χ1n) is 8.05. The van der Waals surface area contributed by atoms with E-state index >= 15 is 0 Å². The average Bonchev–Trinajstić information content (AvgIpc) is 3.15. The van der Waals surface area contributed by atoms with E-state index in [1.54, 1.807) is 0 Å². The van der Waals surface area contributed by atoms with Crippen molar-refractivity contribution in [2.45, 2.75) is 83.9 Å². The first-order valence-corrected chi connectivity index (χ1v) is 8.05. The van der Waals surface area contributed by atoms with Gasteiger partial charge in [-0.15, -0.1) is 0 Å². The molecule has 2 heteroatoms. The van der Waals surface area contributed by atoms with Crippen molar-refractivity contribution in [3.8, 4) is 0 Å². The normalized spacial score (nSPS) is 33.3. The molecule has 0 aromatic heterocycles. The lowest BCUT2D eigenvalue weighted by molar-refractivity contribution is -0.00338. The van der Waals surface area contributed by atoms with E-state index in [4.69, 9.17) is 0 Å². The van der Waals surface area contributed by atoms with E-state index in [2.05, 4.69) is 25.7 Å². The molecule has 3 atom stereocenters. The Morgan fingerprint density at radius 1 is 1.17 bits per heavy atom. The molecule has 2 saturated carbocycles. The summed E-state index contributed by atoms with van der Waals surface area (Å²) in [6, 6.07) is 1.24. The summed E-state index contributed by atoms with van der Waals surface area (Å²) in [5.41, 5.74) is 0. The van der Waals surface area contributed by atoms with Gasteiger partial charge in [0.25, 0.3) is 0 Å².